The van der Waals surface area contributed by atoms with Crippen LogP contribution in [0.1, 0.15) is 12.6 Å². The molecule has 3 nitrogen and oxygen atoms in total. The standard InChI is InChI=1S/C10H13N3/c1-3-5-8(6-4-2)9-10(11)13-7-12-9/h3-7H,1,11H2,2H3,(H,12,13)/b6-4-,8-5+. The highest BCUT2D eigenvalue weighted by molar-refractivity contribution is 5.78. The number of allylic oxidation sites excluding steroid dienone is 5. The molecule has 1 aromatic rings. The van der Waals surface area contributed by atoms with Crippen molar-refractivity contribution >= 4 is 11.4 Å². The van der Waals surface area contributed by atoms with Crippen LogP contribution in [0.2, 0.25) is 0 Å². The third kappa shape index (κ3) is 2.08. The topological polar surface area (TPSA) is 54.7 Å². The highest BCUT2D eigenvalue weighted by atomic mass is 15.0. The van der Waals surface area contributed by atoms with Crippen LogP contribution in [0.5, 0.6) is 0 Å². The SMILES string of the molecule is C=C/C=C(\C=C/C)c1[nH]cnc1N. The molecule has 68 valence electrons. The predicted octanol–water partition coefficient (Wildman–Crippen LogP) is 2.14. The number of imidazole rings is 1. The van der Waals surface area contributed by atoms with Gasteiger partial charge in [0.2, 0.25) is 0 Å². The van der Waals surface area contributed by atoms with Crippen molar-refractivity contribution in [3.05, 3.63) is 42.9 Å². The third-order valence-electron chi connectivity index (χ3n) is 1.60. The summed E-state index contributed by atoms with van der Waals surface area (Å²) in [7, 11) is 0. The summed E-state index contributed by atoms with van der Waals surface area (Å²) in [5.74, 6) is 0.506. The van der Waals surface area contributed by atoms with Crippen LogP contribution in [0.15, 0.2) is 37.2 Å². The molecule has 0 fully saturated rings. The van der Waals surface area contributed by atoms with Gasteiger partial charge in [0.05, 0.1) is 12.0 Å². The number of nitrogens with zero attached hydrogens (tertiary/aromatic N) is 1. The van der Waals surface area contributed by atoms with Crippen LogP contribution in [0, 0.1) is 0 Å². The largest absolute Gasteiger partial charge is 0.382 e. The highest BCUT2D eigenvalue weighted by Gasteiger charge is 2.03. The van der Waals surface area contributed by atoms with Gasteiger partial charge in [0.25, 0.3) is 0 Å². The quantitative estimate of drug-likeness (QED) is 0.691. The lowest BCUT2D eigenvalue weighted by atomic mass is 10.1. The first-order chi connectivity index (χ1) is 6.29. The molecule has 3 heteroatoms. The average molecular weight is 175 g/mol. The van der Waals surface area contributed by atoms with Crippen molar-refractivity contribution in [1.82, 2.24) is 9.97 Å². The Kier molecular flexibility index (Phi) is 3.09. The summed E-state index contributed by atoms with van der Waals surface area (Å²) in [6.07, 6.45) is 9.06. The van der Waals surface area contributed by atoms with Gasteiger partial charge in [-0.2, -0.15) is 0 Å². The Morgan fingerprint density at radius 1 is 1.69 bits per heavy atom. The number of aromatic nitrogens is 2. The van der Waals surface area contributed by atoms with Gasteiger partial charge in [-0.15, -0.1) is 0 Å². The molecule has 1 heterocycles. The molecule has 0 atom stereocenters. The summed E-state index contributed by atoms with van der Waals surface area (Å²) in [5.41, 5.74) is 7.46. The second kappa shape index (κ2) is 4.30. The maximum Gasteiger partial charge on any atom is 0.149 e. The van der Waals surface area contributed by atoms with Crippen LogP contribution in [0.3, 0.4) is 0 Å². The lowest BCUT2D eigenvalue weighted by Crippen LogP contribution is -1.90. The summed E-state index contributed by atoms with van der Waals surface area (Å²) in [6, 6.07) is 0. The van der Waals surface area contributed by atoms with Crippen molar-refractivity contribution in [1.29, 1.82) is 0 Å². The third-order valence-corrected chi connectivity index (χ3v) is 1.60. The van der Waals surface area contributed by atoms with Crippen molar-refractivity contribution in [3.63, 3.8) is 0 Å². The Balaban J connectivity index is 3.09. The molecule has 0 unspecified atom stereocenters. The number of aromatic amines is 1. The van der Waals surface area contributed by atoms with Gasteiger partial charge in [-0.25, -0.2) is 4.98 Å². The average Bonchev–Trinajstić information content (AvgIpc) is 2.51. The van der Waals surface area contributed by atoms with Crippen molar-refractivity contribution in [2.24, 2.45) is 0 Å². The van der Waals surface area contributed by atoms with Crippen LogP contribution in [-0.2, 0) is 0 Å². The van der Waals surface area contributed by atoms with Gasteiger partial charge in [0.1, 0.15) is 5.82 Å². The molecule has 0 saturated carbocycles. The molecule has 0 radical (unpaired) electrons. The van der Waals surface area contributed by atoms with Crippen molar-refractivity contribution in [2.45, 2.75) is 6.92 Å². The molecule has 1 aromatic heterocycles. The van der Waals surface area contributed by atoms with Gasteiger partial charge in [-0.1, -0.05) is 30.9 Å². The van der Waals surface area contributed by atoms with Crippen molar-refractivity contribution in [2.75, 3.05) is 5.73 Å². The molecule has 0 aliphatic carbocycles. The molecule has 0 spiro atoms. The van der Waals surface area contributed by atoms with Crippen LogP contribution < -0.4 is 5.73 Å². The fraction of sp³-hybridized carbons (Fsp3) is 0.100. The number of nitrogen functional groups attached to an aromatic ring is 1. The van der Waals surface area contributed by atoms with E-state index in [1.165, 1.54) is 0 Å². The molecule has 0 aliphatic heterocycles. The number of hydrogen-bond donors (Lipinski definition) is 2. The van der Waals surface area contributed by atoms with Gasteiger partial charge in [0.15, 0.2) is 0 Å². The molecular weight excluding hydrogens is 162 g/mol. The summed E-state index contributed by atoms with van der Waals surface area (Å²) >= 11 is 0. The van der Waals surface area contributed by atoms with E-state index in [-0.39, 0.29) is 0 Å². The van der Waals surface area contributed by atoms with E-state index in [1.54, 1.807) is 12.4 Å². The molecular formula is C10H13N3. The Bertz CT molecular complexity index is 345. The predicted molar refractivity (Wildman–Crippen MR) is 56.0 cm³/mol. The Labute approximate surface area is 77.7 Å². The van der Waals surface area contributed by atoms with E-state index >= 15 is 0 Å². The van der Waals surface area contributed by atoms with Gasteiger partial charge < -0.3 is 10.7 Å². The highest BCUT2D eigenvalue weighted by Crippen LogP contribution is 2.18. The van der Waals surface area contributed by atoms with Crippen LogP contribution in [0.4, 0.5) is 5.82 Å². The lowest BCUT2D eigenvalue weighted by molar-refractivity contribution is 1.30. The first kappa shape index (κ1) is 9.32. The van der Waals surface area contributed by atoms with Crippen molar-refractivity contribution < 1.29 is 0 Å². The summed E-state index contributed by atoms with van der Waals surface area (Å²) in [6.45, 7) is 5.58. The second-order valence-corrected chi connectivity index (χ2v) is 2.52. The second-order valence-electron chi connectivity index (χ2n) is 2.52. The fourth-order valence-corrected chi connectivity index (χ4v) is 1.06. The molecule has 13 heavy (non-hydrogen) atoms. The Morgan fingerprint density at radius 2 is 2.46 bits per heavy atom. The molecule has 0 amide bonds. The van der Waals surface area contributed by atoms with Crippen molar-refractivity contribution in [3.8, 4) is 0 Å². The summed E-state index contributed by atoms with van der Waals surface area (Å²) in [5, 5.41) is 0. The molecule has 0 aromatic carbocycles. The molecule has 3 N–H and O–H groups in total. The van der Waals surface area contributed by atoms with Crippen LogP contribution >= 0.6 is 0 Å². The zero-order valence-corrected chi connectivity index (χ0v) is 7.62. The van der Waals surface area contributed by atoms with E-state index in [4.69, 9.17) is 5.73 Å². The van der Waals surface area contributed by atoms with E-state index < -0.39 is 0 Å². The minimum Gasteiger partial charge on any atom is -0.382 e. The number of rotatable bonds is 3. The summed E-state index contributed by atoms with van der Waals surface area (Å²) in [4.78, 5) is 6.89. The zero-order valence-electron chi connectivity index (χ0n) is 7.62. The number of hydrogen-bond acceptors (Lipinski definition) is 2. The lowest BCUT2D eigenvalue weighted by Gasteiger charge is -1.98. The molecule has 0 aliphatic rings. The maximum atomic E-state index is 5.65. The number of nitrogens with one attached hydrogen (secondary N) is 1. The van der Waals surface area contributed by atoms with E-state index in [0.717, 1.165) is 11.3 Å². The minimum atomic E-state index is 0.506. The van der Waals surface area contributed by atoms with Gasteiger partial charge >= 0.3 is 0 Å². The normalized spacial score (nSPS) is 12.2. The Hall–Kier alpha value is -1.77. The number of H-pyrrole nitrogens is 1. The van der Waals surface area contributed by atoms with Gasteiger partial charge in [-0.05, 0) is 6.92 Å². The minimum absolute atomic E-state index is 0.506. The first-order valence-electron chi connectivity index (χ1n) is 4.04. The van der Waals surface area contributed by atoms with E-state index in [0.29, 0.717) is 5.82 Å². The first-order valence-corrected chi connectivity index (χ1v) is 4.04. The number of nitrogens with two attached hydrogens (primary N) is 1. The molecule has 0 bridgehead atoms. The molecule has 1 rings (SSSR count). The van der Waals surface area contributed by atoms with Crippen LogP contribution in [0.25, 0.3) is 5.57 Å². The smallest absolute Gasteiger partial charge is 0.149 e. The number of anilines is 1. The summed E-state index contributed by atoms with van der Waals surface area (Å²) < 4.78 is 0. The van der Waals surface area contributed by atoms with Gasteiger partial charge in [0, 0.05) is 5.57 Å². The molecule has 0 saturated heterocycles. The van der Waals surface area contributed by atoms with E-state index in [2.05, 4.69) is 16.5 Å². The Morgan fingerprint density at radius 3 is 2.92 bits per heavy atom. The van der Waals surface area contributed by atoms with E-state index in [1.807, 2.05) is 25.2 Å². The van der Waals surface area contributed by atoms with E-state index in [9.17, 15) is 0 Å². The maximum absolute atomic E-state index is 5.65. The van der Waals surface area contributed by atoms with Crippen LogP contribution in [-0.4, -0.2) is 9.97 Å². The van der Waals surface area contributed by atoms with Gasteiger partial charge in [-0.3, -0.25) is 0 Å². The monoisotopic (exact) mass is 175 g/mol. The fourth-order valence-electron chi connectivity index (χ4n) is 1.06. The zero-order chi connectivity index (χ0) is 9.68.